The molecule has 0 unspecified atom stereocenters. The summed E-state index contributed by atoms with van der Waals surface area (Å²) >= 11 is 7.16. The molecular weight excluding hydrogens is 403 g/mol. The summed E-state index contributed by atoms with van der Waals surface area (Å²) < 4.78 is 17.8. The molecule has 0 saturated heterocycles. The van der Waals surface area contributed by atoms with Gasteiger partial charge in [-0.15, -0.1) is 11.3 Å². The summed E-state index contributed by atoms with van der Waals surface area (Å²) in [5.41, 5.74) is 1.89. The molecular formula is C20H16ClFN2O3S. The van der Waals surface area contributed by atoms with Crippen LogP contribution in [0.3, 0.4) is 0 Å². The Hall–Kier alpha value is -2.77. The molecule has 1 amide bonds. The zero-order valence-corrected chi connectivity index (χ0v) is 16.2. The number of esters is 1. The lowest BCUT2D eigenvalue weighted by Crippen LogP contribution is -2.30. The molecule has 0 bridgehead atoms. The molecule has 8 heteroatoms. The molecule has 28 heavy (non-hydrogen) atoms. The van der Waals surface area contributed by atoms with Crippen molar-refractivity contribution in [1.82, 2.24) is 10.3 Å². The van der Waals surface area contributed by atoms with E-state index >= 15 is 0 Å². The molecule has 1 heterocycles. The van der Waals surface area contributed by atoms with Gasteiger partial charge >= 0.3 is 5.97 Å². The molecule has 144 valence electrons. The lowest BCUT2D eigenvalue weighted by molar-refractivity contribution is -0.124. The minimum atomic E-state index is -0.662. The topological polar surface area (TPSA) is 68.3 Å². The number of benzene rings is 2. The molecule has 0 aliphatic carbocycles. The summed E-state index contributed by atoms with van der Waals surface area (Å²) in [6.07, 6.45) is 0.552. The molecule has 2 aromatic carbocycles. The van der Waals surface area contributed by atoms with E-state index in [9.17, 15) is 14.0 Å². The van der Waals surface area contributed by atoms with Crippen molar-refractivity contribution in [1.29, 1.82) is 0 Å². The van der Waals surface area contributed by atoms with Gasteiger partial charge < -0.3 is 10.1 Å². The van der Waals surface area contributed by atoms with E-state index in [4.69, 9.17) is 16.3 Å². The van der Waals surface area contributed by atoms with Crippen LogP contribution in [0.1, 0.15) is 16.1 Å². The second-order valence-corrected chi connectivity index (χ2v) is 7.14. The van der Waals surface area contributed by atoms with Gasteiger partial charge in [0.05, 0.1) is 0 Å². The zero-order chi connectivity index (χ0) is 19.9. The third-order valence-corrected chi connectivity index (χ3v) is 4.93. The normalized spacial score (nSPS) is 10.5. The molecule has 3 rings (SSSR count). The van der Waals surface area contributed by atoms with Crippen LogP contribution in [0.25, 0.3) is 10.6 Å². The van der Waals surface area contributed by atoms with Crippen LogP contribution in [0, 0.1) is 5.82 Å². The van der Waals surface area contributed by atoms with Crippen molar-refractivity contribution in [3.8, 4) is 10.6 Å². The molecule has 0 fully saturated rings. The van der Waals surface area contributed by atoms with Crippen LogP contribution in [0.5, 0.6) is 0 Å². The quantitative estimate of drug-likeness (QED) is 0.586. The number of amides is 1. The first-order valence-electron chi connectivity index (χ1n) is 8.41. The van der Waals surface area contributed by atoms with Gasteiger partial charge in [0, 0.05) is 22.5 Å². The van der Waals surface area contributed by atoms with Crippen LogP contribution in [0.15, 0.2) is 53.9 Å². The average molecular weight is 419 g/mol. The average Bonchev–Trinajstić information content (AvgIpc) is 3.18. The fourth-order valence-electron chi connectivity index (χ4n) is 2.35. The maximum Gasteiger partial charge on any atom is 0.358 e. The Morgan fingerprint density at radius 3 is 2.54 bits per heavy atom. The van der Waals surface area contributed by atoms with Crippen LogP contribution in [-0.4, -0.2) is 30.0 Å². The van der Waals surface area contributed by atoms with Crippen molar-refractivity contribution in [3.63, 3.8) is 0 Å². The lowest BCUT2D eigenvalue weighted by Gasteiger charge is -2.06. The highest BCUT2D eigenvalue weighted by molar-refractivity contribution is 7.13. The number of thiazole rings is 1. The Morgan fingerprint density at radius 2 is 1.82 bits per heavy atom. The fourth-order valence-corrected chi connectivity index (χ4v) is 3.27. The number of nitrogens with zero attached hydrogens (tertiary/aromatic N) is 1. The fraction of sp³-hybridized carbons (Fsp3) is 0.150. The van der Waals surface area contributed by atoms with Gasteiger partial charge in [-0.25, -0.2) is 14.2 Å². The largest absolute Gasteiger partial charge is 0.451 e. The molecule has 0 atom stereocenters. The minimum absolute atomic E-state index is 0.147. The lowest BCUT2D eigenvalue weighted by atomic mass is 10.1. The maximum atomic E-state index is 12.8. The molecule has 0 saturated carbocycles. The number of halogens is 2. The van der Waals surface area contributed by atoms with E-state index in [0.29, 0.717) is 23.0 Å². The highest BCUT2D eigenvalue weighted by Gasteiger charge is 2.15. The first-order valence-corrected chi connectivity index (χ1v) is 9.67. The Kier molecular flexibility index (Phi) is 6.73. The first kappa shape index (κ1) is 20.0. The molecule has 5 nitrogen and oxygen atoms in total. The van der Waals surface area contributed by atoms with E-state index in [-0.39, 0.29) is 11.5 Å². The van der Waals surface area contributed by atoms with E-state index in [0.717, 1.165) is 11.1 Å². The molecule has 1 N–H and O–H groups in total. The molecule has 3 aromatic rings. The Labute approximate surface area is 170 Å². The third-order valence-electron chi connectivity index (χ3n) is 3.79. The molecule has 0 aliphatic heterocycles. The molecule has 1 aromatic heterocycles. The second kappa shape index (κ2) is 9.43. The predicted molar refractivity (Wildman–Crippen MR) is 106 cm³/mol. The van der Waals surface area contributed by atoms with Gasteiger partial charge in [-0.1, -0.05) is 35.9 Å². The zero-order valence-electron chi connectivity index (χ0n) is 14.7. The van der Waals surface area contributed by atoms with E-state index in [1.165, 1.54) is 23.5 Å². The van der Waals surface area contributed by atoms with Gasteiger partial charge in [0.15, 0.2) is 12.3 Å². The monoisotopic (exact) mass is 418 g/mol. The Bertz CT molecular complexity index is 958. The van der Waals surface area contributed by atoms with Gasteiger partial charge in [0.25, 0.3) is 5.91 Å². The second-order valence-electron chi connectivity index (χ2n) is 5.85. The molecule has 0 radical (unpaired) electrons. The minimum Gasteiger partial charge on any atom is -0.451 e. The number of aromatic nitrogens is 1. The van der Waals surface area contributed by atoms with Gasteiger partial charge in [0.2, 0.25) is 0 Å². The number of rotatable bonds is 7. The maximum absolute atomic E-state index is 12.8. The highest BCUT2D eigenvalue weighted by Crippen LogP contribution is 2.25. The Morgan fingerprint density at radius 1 is 1.11 bits per heavy atom. The standard InChI is InChI=1S/C20H16ClFN2O3S/c21-15-5-3-14(4-6-15)19-24-17(12-28-19)20(26)27-11-18(25)23-10-9-13-1-7-16(22)8-2-13/h1-8,12H,9-11H2,(H,23,25). The number of carbonyl (C=O) groups excluding carboxylic acids is 2. The van der Waals surface area contributed by atoms with Crippen LogP contribution < -0.4 is 5.32 Å². The van der Waals surface area contributed by atoms with E-state index in [1.807, 2.05) is 12.1 Å². The molecule has 0 aliphatic rings. The predicted octanol–water partition coefficient (Wildman–Crippen LogP) is 4.12. The van der Waals surface area contributed by atoms with Gasteiger partial charge in [-0.2, -0.15) is 0 Å². The van der Waals surface area contributed by atoms with E-state index in [1.54, 1.807) is 29.6 Å². The summed E-state index contributed by atoms with van der Waals surface area (Å²) in [5, 5.41) is 5.51. The van der Waals surface area contributed by atoms with Crippen molar-refractivity contribution in [2.45, 2.75) is 6.42 Å². The van der Waals surface area contributed by atoms with Crippen molar-refractivity contribution in [3.05, 3.63) is 76.0 Å². The number of hydrogen-bond acceptors (Lipinski definition) is 5. The van der Waals surface area contributed by atoms with Crippen LogP contribution >= 0.6 is 22.9 Å². The summed E-state index contributed by atoms with van der Waals surface area (Å²) in [6, 6.07) is 13.1. The van der Waals surface area contributed by atoms with Crippen LogP contribution in [-0.2, 0) is 16.0 Å². The Balaban J connectivity index is 1.44. The number of hydrogen-bond donors (Lipinski definition) is 1. The summed E-state index contributed by atoms with van der Waals surface area (Å²) in [5.74, 6) is -1.38. The summed E-state index contributed by atoms with van der Waals surface area (Å²) in [4.78, 5) is 28.1. The number of ether oxygens (including phenoxy) is 1. The highest BCUT2D eigenvalue weighted by atomic mass is 35.5. The number of carbonyl (C=O) groups is 2. The smallest absolute Gasteiger partial charge is 0.358 e. The summed E-state index contributed by atoms with van der Waals surface area (Å²) in [7, 11) is 0. The van der Waals surface area contributed by atoms with Crippen molar-refractivity contribution >= 4 is 34.8 Å². The first-order chi connectivity index (χ1) is 13.5. The third kappa shape index (κ3) is 5.61. The van der Waals surface area contributed by atoms with Gasteiger partial charge in [-0.3, -0.25) is 4.79 Å². The van der Waals surface area contributed by atoms with E-state index in [2.05, 4.69) is 10.3 Å². The van der Waals surface area contributed by atoms with E-state index < -0.39 is 18.5 Å². The van der Waals surface area contributed by atoms with Crippen molar-refractivity contribution in [2.24, 2.45) is 0 Å². The van der Waals surface area contributed by atoms with Crippen molar-refractivity contribution in [2.75, 3.05) is 13.2 Å². The van der Waals surface area contributed by atoms with Crippen LogP contribution in [0.4, 0.5) is 4.39 Å². The summed E-state index contributed by atoms with van der Waals surface area (Å²) in [6.45, 7) is -0.0323. The van der Waals surface area contributed by atoms with Crippen LogP contribution in [0.2, 0.25) is 5.02 Å². The van der Waals surface area contributed by atoms with Gasteiger partial charge in [0.1, 0.15) is 10.8 Å². The van der Waals surface area contributed by atoms with Crippen molar-refractivity contribution < 1.29 is 18.7 Å². The molecule has 0 spiro atoms. The van der Waals surface area contributed by atoms with Gasteiger partial charge in [-0.05, 0) is 36.2 Å². The number of nitrogens with one attached hydrogen (secondary N) is 1. The SMILES string of the molecule is O=C(COC(=O)c1csc(-c2ccc(Cl)cc2)n1)NCCc1ccc(F)cc1.